The minimum atomic E-state index is 0.740. The molecule has 2 bridgehead atoms. The minimum absolute atomic E-state index is 0.740. The number of hydrogen-bond acceptors (Lipinski definition) is 2. The first-order valence-electron chi connectivity index (χ1n) is 6.33. The van der Waals surface area contributed by atoms with Crippen LogP contribution in [0.5, 0.6) is 0 Å². The SMILES string of the molecule is CNC1C2CCC1N(Cc1ccccc1)C2. The third-order valence-electron chi connectivity index (χ3n) is 4.26. The number of nitrogens with one attached hydrogen (secondary N) is 1. The average molecular weight is 216 g/mol. The molecule has 0 radical (unpaired) electrons. The fourth-order valence-corrected chi connectivity index (χ4v) is 3.54. The standard InChI is InChI=1S/C14H20N2/c1-15-14-12-7-8-13(14)16(10-12)9-11-5-3-2-4-6-11/h2-6,12-15H,7-10H2,1H3. The summed E-state index contributed by atoms with van der Waals surface area (Å²) in [5, 5.41) is 3.50. The van der Waals surface area contributed by atoms with Crippen LogP contribution in [0.1, 0.15) is 18.4 Å². The highest BCUT2D eigenvalue weighted by molar-refractivity contribution is 5.16. The van der Waals surface area contributed by atoms with Gasteiger partial charge in [0.25, 0.3) is 0 Å². The number of benzene rings is 1. The summed E-state index contributed by atoms with van der Waals surface area (Å²) >= 11 is 0. The predicted octanol–water partition coefficient (Wildman–Crippen LogP) is 1.87. The van der Waals surface area contributed by atoms with E-state index in [1.165, 1.54) is 24.9 Å². The Labute approximate surface area is 97.6 Å². The maximum absolute atomic E-state index is 3.50. The van der Waals surface area contributed by atoms with E-state index in [2.05, 4.69) is 47.6 Å². The summed E-state index contributed by atoms with van der Waals surface area (Å²) in [6.07, 6.45) is 2.80. The minimum Gasteiger partial charge on any atom is -0.315 e. The molecule has 2 aliphatic rings. The van der Waals surface area contributed by atoms with Gasteiger partial charge in [-0.05, 0) is 31.4 Å². The van der Waals surface area contributed by atoms with E-state index in [-0.39, 0.29) is 0 Å². The fourth-order valence-electron chi connectivity index (χ4n) is 3.54. The molecule has 3 atom stereocenters. The van der Waals surface area contributed by atoms with E-state index >= 15 is 0 Å². The molecule has 0 amide bonds. The van der Waals surface area contributed by atoms with Crippen LogP contribution in [-0.4, -0.2) is 30.6 Å². The van der Waals surface area contributed by atoms with Crippen molar-refractivity contribution in [3.8, 4) is 0 Å². The van der Waals surface area contributed by atoms with E-state index in [9.17, 15) is 0 Å². The van der Waals surface area contributed by atoms with Gasteiger partial charge in [-0.1, -0.05) is 30.3 Å². The molecule has 0 spiro atoms. The lowest BCUT2D eigenvalue weighted by atomic mass is 10.1. The molecule has 1 aromatic rings. The Morgan fingerprint density at radius 1 is 1.25 bits per heavy atom. The van der Waals surface area contributed by atoms with Gasteiger partial charge in [0, 0.05) is 25.2 Å². The third-order valence-corrected chi connectivity index (χ3v) is 4.26. The van der Waals surface area contributed by atoms with Gasteiger partial charge in [0.05, 0.1) is 0 Å². The van der Waals surface area contributed by atoms with E-state index in [1.807, 2.05) is 0 Å². The molecule has 1 aliphatic carbocycles. The molecule has 1 saturated carbocycles. The molecule has 1 aliphatic heterocycles. The molecule has 1 N–H and O–H groups in total. The lowest BCUT2D eigenvalue weighted by Crippen LogP contribution is -2.38. The molecule has 16 heavy (non-hydrogen) atoms. The molecule has 2 heteroatoms. The summed E-state index contributed by atoms with van der Waals surface area (Å²) in [6, 6.07) is 12.4. The summed E-state index contributed by atoms with van der Waals surface area (Å²) in [5.74, 6) is 0.888. The number of fused-ring (bicyclic) bond motifs is 2. The van der Waals surface area contributed by atoms with Crippen LogP contribution in [0.2, 0.25) is 0 Å². The molecular formula is C14H20N2. The van der Waals surface area contributed by atoms with Gasteiger partial charge in [0.2, 0.25) is 0 Å². The quantitative estimate of drug-likeness (QED) is 0.830. The smallest absolute Gasteiger partial charge is 0.0260 e. The normalized spacial score (nSPS) is 33.4. The fraction of sp³-hybridized carbons (Fsp3) is 0.571. The van der Waals surface area contributed by atoms with Crippen molar-refractivity contribution in [2.45, 2.75) is 31.5 Å². The van der Waals surface area contributed by atoms with Crippen molar-refractivity contribution in [1.29, 1.82) is 0 Å². The summed E-state index contributed by atoms with van der Waals surface area (Å²) in [6.45, 7) is 2.41. The highest BCUT2D eigenvalue weighted by atomic mass is 15.2. The number of rotatable bonds is 3. The summed E-state index contributed by atoms with van der Waals surface area (Å²) in [5.41, 5.74) is 1.45. The van der Waals surface area contributed by atoms with E-state index in [1.54, 1.807) is 0 Å². The summed E-state index contributed by atoms with van der Waals surface area (Å²) < 4.78 is 0. The van der Waals surface area contributed by atoms with Crippen molar-refractivity contribution in [2.75, 3.05) is 13.6 Å². The van der Waals surface area contributed by atoms with Gasteiger partial charge in [0.1, 0.15) is 0 Å². The second-order valence-corrected chi connectivity index (χ2v) is 5.13. The van der Waals surface area contributed by atoms with E-state index < -0.39 is 0 Å². The number of likely N-dealkylation sites (N-methyl/N-ethyl adjacent to an activating group) is 1. The van der Waals surface area contributed by atoms with Crippen LogP contribution in [-0.2, 0) is 6.54 Å². The van der Waals surface area contributed by atoms with Crippen LogP contribution < -0.4 is 5.32 Å². The monoisotopic (exact) mass is 216 g/mol. The molecule has 86 valence electrons. The molecule has 3 rings (SSSR count). The van der Waals surface area contributed by atoms with E-state index in [4.69, 9.17) is 0 Å². The number of likely N-dealkylation sites (tertiary alicyclic amines) is 1. The Bertz CT molecular complexity index is 349. The molecule has 3 unspecified atom stereocenters. The lowest BCUT2D eigenvalue weighted by Gasteiger charge is -2.27. The van der Waals surface area contributed by atoms with Crippen molar-refractivity contribution in [2.24, 2.45) is 5.92 Å². The van der Waals surface area contributed by atoms with E-state index in [0.717, 1.165) is 24.5 Å². The average Bonchev–Trinajstić information content (AvgIpc) is 2.86. The highest BCUT2D eigenvalue weighted by Crippen LogP contribution is 2.38. The molecule has 1 aromatic carbocycles. The van der Waals surface area contributed by atoms with Crippen LogP contribution in [0.4, 0.5) is 0 Å². The molecule has 0 aromatic heterocycles. The highest BCUT2D eigenvalue weighted by Gasteiger charge is 2.45. The Hall–Kier alpha value is -0.860. The van der Waals surface area contributed by atoms with Crippen molar-refractivity contribution in [1.82, 2.24) is 10.2 Å². The summed E-state index contributed by atoms with van der Waals surface area (Å²) in [4.78, 5) is 2.66. The first kappa shape index (κ1) is 10.3. The number of hydrogen-bond donors (Lipinski definition) is 1. The molecular weight excluding hydrogens is 196 g/mol. The molecule has 1 saturated heterocycles. The van der Waals surface area contributed by atoms with Crippen molar-refractivity contribution < 1.29 is 0 Å². The van der Waals surface area contributed by atoms with Crippen molar-refractivity contribution >= 4 is 0 Å². The van der Waals surface area contributed by atoms with E-state index in [0.29, 0.717) is 0 Å². The van der Waals surface area contributed by atoms with Crippen LogP contribution in [0.15, 0.2) is 30.3 Å². The van der Waals surface area contributed by atoms with Crippen molar-refractivity contribution in [3.05, 3.63) is 35.9 Å². The maximum atomic E-state index is 3.50. The van der Waals surface area contributed by atoms with Crippen LogP contribution in [0.3, 0.4) is 0 Å². The second kappa shape index (κ2) is 4.19. The van der Waals surface area contributed by atoms with Crippen LogP contribution in [0.25, 0.3) is 0 Å². The Morgan fingerprint density at radius 3 is 2.75 bits per heavy atom. The van der Waals surface area contributed by atoms with Gasteiger partial charge in [-0.15, -0.1) is 0 Å². The Kier molecular flexibility index (Phi) is 2.70. The zero-order valence-electron chi connectivity index (χ0n) is 9.89. The van der Waals surface area contributed by atoms with Gasteiger partial charge in [-0.2, -0.15) is 0 Å². The number of piperidine rings is 1. The molecule has 2 fully saturated rings. The zero-order chi connectivity index (χ0) is 11.0. The van der Waals surface area contributed by atoms with Gasteiger partial charge < -0.3 is 5.32 Å². The van der Waals surface area contributed by atoms with Gasteiger partial charge in [-0.25, -0.2) is 0 Å². The second-order valence-electron chi connectivity index (χ2n) is 5.13. The van der Waals surface area contributed by atoms with Gasteiger partial charge in [0.15, 0.2) is 0 Å². The molecule has 2 nitrogen and oxygen atoms in total. The number of nitrogens with zero attached hydrogens (tertiary/aromatic N) is 1. The predicted molar refractivity (Wildman–Crippen MR) is 66.2 cm³/mol. The van der Waals surface area contributed by atoms with Gasteiger partial charge in [-0.3, -0.25) is 4.90 Å². The van der Waals surface area contributed by atoms with Crippen molar-refractivity contribution in [3.63, 3.8) is 0 Å². The largest absolute Gasteiger partial charge is 0.315 e. The molecule has 1 heterocycles. The first-order valence-corrected chi connectivity index (χ1v) is 6.33. The van der Waals surface area contributed by atoms with Crippen LogP contribution in [0, 0.1) is 5.92 Å². The maximum Gasteiger partial charge on any atom is 0.0260 e. The lowest BCUT2D eigenvalue weighted by molar-refractivity contribution is 0.201. The van der Waals surface area contributed by atoms with Gasteiger partial charge >= 0.3 is 0 Å². The first-order chi connectivity index (χ1) is 7.88. The topological polar surface area (TPSA) is 15.3 Å². The van der Waals surface area contributed by atoms with Crippen LogP contribution >= 0.6 is 0 Å². The third kappa shape index (κ3) is 1.66. The Balaban J connectivity index is 1.70. The summed E-state index contributed by atoms with van der Waals surface area (Å²) in [7, 11) is 2.11. The zero-order valence-corrected chi connectivity index (χ0v) is 9.89. The Morgan fingerprint density at radius 2 is 2.06 bits per heavy atom.